The molecule has 0 saturated carbocycles. The third-order valence-electron chi connectivity index (χ3n) is 4.00. The van der Waals surface area contributed by atoms with Crippen LogP contribution in [0.5, 0.6) is 5.75 Å². The summed E-state index contributed by atoms with van der Waals surface area (Å²) in [5, 5.41) is 6.42. The van der Waals surface area contributed by atoms with Gasteiger partial charge in [0.1, 0.15) is 11.5 Å². The van der Waals surface area contributed by atoms with E-state index < -0.39 is 0 Å². The van der Waals surface area contributed by atoms with Gasteiger partial charge in [0.25, 0.3) is 0 Å². The molecule has 0 radical (unpaired) electrons. The molecule has 126 valence electrons. The van der Waals surface area contributed by atoms with Crippen molar-refractivity contribution in [2.24, 2.45) is 5.92 Å². The minimum atomic E-state index is -0.382. The van der Waals surface area contributed by atoms with Crippen molar-refractivity contribution < 1.29 is 18.8 Å². The highest BCUT2D eigenvalue weighted by atomic mass is 16.5. The Morgan fingerprint density at radius 3 is 2.79 bits per heavy atom. The van der Waals surface area contributed by atoms with Crippen molar-refractivity contribution in [1.29, 1.82) is 0 Å². The van der Waals surface area contributed by atoms with Crippen LogP contribution in [0.1, 0.15) is 17.7 Å². The van der Waals surface area contributed by atoms with Crippen LogP contribution < -0.4 is 10.1 Å². The molecule has 1 saturated heterocycles. The third-order valence-corrected chi connectivity index (χ3v) is 4.00. The lowest BCUT2D eigenvalue weighted by Gasteiger charge is -2.16. The van der Waals surface area contributed by atoms with Gasteiger partial charge in [-0.3, -0.25) is 9.59 Å². The second kappa shape index (κ2) is 6.74. The van der Waals surface area contributed by atoms with Gasteiger partial charge in [-0.25, -0.2) is 0 Å². The third kappa shape index (κ3) is 3.56. The van der Waals surface area contributed by atoms with Gasteiger partial charge in [0, 0.05) is 25.6 Å². The molecule has 24 heavy (non-hydrogen) atoms. The number of amides is 2. The summed E-state index contributed by atoms with van der Waals surface area (Å²) in [6, 6.07) is 9.18. The van der Waals surface area contributed by atoms with E-state index in [1.54, 1.807) is 25.0 Å². The average molecular weight is 329 g/mol. The number of carbonyl (C=O) groups is 2. The van der Waals surface area contributed by atoms with E-state index in [1.165, 1.54) is 0 Å². The fraction of sp³-hybridized carbons (Fsp3) is 0.353. The lowest BCUT2D eigenvalue weighted by molar-refractivity contribution is -0.128. The number of aromatic nitrogens is 1. The Kier molecular flexibility index (Phi) is 4.50. The van der Waals surface area contributed by atoms with E-state index in [1.807, 2.05) is 24.3 Å². The van der Waals surface area contributed by atoms with E-state index >= 15 is 0 Å². The molecule has 1 N–H and O–H groups in total. The van der Waals surface area contributed by atoms with Crippen LogP contribution in [0.4, 0.5) is 5.82 Å². The Hall–Kier alpha value is -2.83. The highest BCUT2D eigenvalue weighted by Gasteiger charge is 2.34. The lowest BCUT2D eigenvalue weighted by atomic mass is 10.1. The fourth-order valence-electron chi connectivity index (χ4n) is 2.71. The largest absolute Gasteiger partial charge is 0.497 e. The van der Waals surface area contributed by atoms with Gasteiger partial charge in [-0.2, -0.15) is 0 Å². The minimum Gasteiger partial charge on any atom is -0.497 e. The molecule has 2 amide bonds. The van der Waals surface area contributed by atoms with Crippen molar-refractivity contribution >= 4 is 17.6 Å². The number of methoxy groups -OCH3 is 1. The van der Waals surface area contributed by atoms with Crippen molar-refractivity contribution in [2.45, 2.75) is 19.9 Å². The maximum absolute atomic E-state index is 12.3. The van der Waals surface area contributed by atoms with Crippen LogP contribution in [0, 0.1) is 12.8 Å². The second-order valence-corrected chi connectivity index (χ2v) is 5.84. The zero-order valence-electron chi connectivity index (χ0n) is 13.6. The zero-order chi connectivity index (χ0) is 17.1. The summed E-state index contributed by atoms with van der Waals surface area (Å²) in [6.07, 6.45) is 0.207. The molecule has 1 unspecified atom stereocenters. The van der Waals surface area contributed by atoms with Crippen molar-refractivity contribution in [3.8, 4) is 5.75 Å². The molecule has 1 atom stereocenters. The maximum atomic E-state index is 12.3. The summed E-state index contributed by atoms with van der Waals surface area (Å²) in [6.45, 7) is 2.63. The average Bonchev–Trinajstić information content (AvgIpc) is 3.14. The number of nitrogens with zero attached hydrogens (tertiary/aromatic N) is 2. The van der Waals surface area contributed by atoms with Crippen LogP contribution in [0.2, 0.25) is 0 Å². The fourth-order valence-corrected chi connectivity index (χ4v) is 2.71. The number of hydrogen-bond donors (Lipinski definition) is 1. The Balaban J connectivity index is 1.59. The first kappa shape index (κ1) is 16.0. The van der Waals surface area contributed by atoms with Crippen molar-refractivity contribution in [3.63, 3.8) is 0 Å². The molecule has 1 aliphatic heterocycles. The highest BCUT2D eigenvalue weighted by Crippen LogP contribution is 2.22. The normalized spacial score (nSPS) is 17.2. The summed E-state index contributed by atoms with van der Waals surface area (Å²) in [7, 11) is 1.61. The van der Waals surface area contributed by atoms with Gasteiger partial charge in [0.2, 0.25) is 11.8 Å². The summed E-state index contributed by atoms with van der Waals surface area (Å²) in [5.41, 5.74) is 0.998. The molecule has 1 aromatic heterocycles. The van der Waals surface area contributed by atoms with E-state index in [4.69, 9.17) is 9.26 Å². The van der Waals surface area contributed by atoms with Crippen LogP contribution in [0.25, 0.3) is 0 Å². The molecule has 0 aliphatic carbocycles. The quantitative estimate of drug-likeness (QED) is 0.906. The smallest absolute Gasteiger partial charge is 0.231 e. The number of benzene rings is 1. The van der Waals surface area contributed by atoms with Gasteiger partial charge >= 0.3 is 0 Å². The molecule has 3 rings (SSSR count). The van der Waals surface area contributed by atoms with Crippen LogP contribution >= 0.6 is 0 Å². The Morgan fingerprint density at radius 2 is 2.17 bits per heavy atom. The number of aryl methyl sites for hydroxylation is 1. The van der Waals surface area contributed by atoms with Gasteiger partial charge < -0.3 is 19.5 Å². The van der Waals surface area contributed by atoms with Crippen molar-refractivity contribution in [1.82, 2.24) is 10.1 Å². The number of likely N-dealkylation sites (tertiary alicyclic amines) is 1. The van der Waals surface area contributed by atoms with Crippen LogP contribution in [-0.4, -0.2) is 35.5 Å². The molecule has 1 fully saturated rings. The van der Waals surface area contributed by atoms with Gasteiger partial charge in [0.05, 0.1) is 13.0 Å². The van der Waals surface area contributed by atoms with Crippen molar-refractivity contribution in [2.75, 3.05) is 19.0 Å². The minimum absolute atomic E-state index is 0.0256. The molecule has 1 aliphatic rings. The van der Waals surface area contributed by atoms with Gasteiger partial charge in [0.15, 0.2) is 5.82 Å². The summed E-state index contributed by atoms with van der Waals surface area (Å²) >= 11 is 0. The first-order chi connectivity index (χ1) is 11.5. The molecule has 0 spiro atoms. The van der Waals surface area contributed by atoms with E-state index in [0.717, 1.165) is 11.3 Å². The summed E-state index contributed by atoms with van der Waals surface area (Å²) in [5.74, 6) is 1.14. The van der Waals surface area contributed by atoms with E-state index in [2.05, 4.69) is 10.5 Å². The second-order valence-electron chi connectivity index (χ2n) is 5.84. The van der Waals surface area contributed by atoms with E-state index in [-0.39, 0.29) is 24.2 Å². The van der Waals surface area contributed by atoms with E-state index in [9.17, 15) is 9.59 Å². The monoisotopic (exact) mass is 329 g/mol. The number of hydrogen-bond acceptors (Lipinski definition) is 5. The Bertz CT molecular complexity index is 739. The number of anilines is 1. The number of nitrogens with one attached hydrogen (secondary N) is 1. The van der Waals surface area contributed by atoms with Crippen LogP contribution in [0.3, 0.4) is 0 Å². The Morgan fingerprint density at radius 1 is 1.42 bits per heavy atom. The van der Waals surface area contributed by atoms with Crippen LogP contribution in [0.15, 0.2) is 34.9 Å². The molecule has 7 heteroatoms. The van der Waals surface area contributed by atoms with Crippen molar-refractivity contribution in [3.05, 3.63) is 41.7 Å². The van der Waals surface area contributed by atoms with Gasteiger partial charge in [-0.05, 0) is 24.6 Å². The first-order valence-electron chi connectivity index (χ1n) is 7.70. The molecule has 2 aromatic rings. The Labute approximate surface area is 139 Å². The molecular formula is C17H19N3O4. The first-order valence-corrected chi connectivity index (χ1v) is 7.70. The maximum Gasteiger partial charge on any atom is 0.231 e. The summed E-state index contributed by atoms with van der Waals surface area (Å²) < 4.78 is 10.0. The number of rotatable bonds is 5. The highest BCUT2D eigenvalue weighted by molar-refractivity contribution is 5.96. The SMILES string of the molecule is COc1ccc(CN2CC(C(=O)Nc3cc(C)on3)CC2=O)cc1. The standard InChI is InChI=1S/C17H19N3O4/c1-11-7-15(19-24-11)18-17(22)13-8-16(21)20(10-13)9-12-3-5-14(23-2)6-4-12/h3-7,13H,8-10H2,1-2H3,(H,18,19,22). The predicted molar refractivity (Wildman–Crippen MR) is 86.4 cm³/mol. The lowest BCUT2D eigenvalue weighted by Crippen LogP contribution is -2.28. The molecule has 0 bridgehead atoms. The predicted octanol–water partition coefficient (Wildman–Crippen LogP) is 1.98. The topological polar surface area (TPSA) is 84.7 Å². The molecule has 7 nitrogen and oxygen atoms in total. The van der Waals surface area contributed by atoms with Gasteiger partial charge in [-0.1, -0.05) is 17.3 Å². The zero-order valence-corrected chi connectivity index (χ0v) is 13.6. The summed E-state index contributed by atoms with van der Waals surface area (Å²) in [4.78, 5) is 26.1. The number of ether oxygens (including phenoxy) is 1. The van der Waals surface area contributed by atoms with Crippen LogP contribution in [-0.2, 0) is 16.1 Å². The molecule has 2 heterocycles. The molecule has 1 aromatic carbocycles. The molecular weight excluding hydrogens is 310 g/mol. The number of carbonyl (C=O) groups excluding carboxylic acids is 2. The van der Waals surface area contributed by atoms with E-state index in [0.29, 0.717) is 24.7 Å². The van der Waals surface area contributed by atoms with Gasteiger partial charge in [-0.15, -0.1) is 0 Å².